The lowest BCUT2D eigenvalue weighted by molar-refractivity contribution is 1.59. The highest BCUT2D eigenvalue weighted by molar-refractivity contribution is 14.1. The van der Waals surface area contributed by atoms with E-state index in [1.54, 1.807) is 0 Å². The summed E-state index contributed by atoms with van der Waals surface area (Å²) >= 11 is 4.49. The van der Waals surface area contributed by atoms with Crippen molar-refractivity contribution in [3.63, 3.8) is 0 Å². The van der Waals surface area contributed by atoms with Crippen LogP contribution in [0.3, 0.4) is 0 Å². The first-order chi connectivity index (χ1) is 6.86. The van der Waals surface area contributed by atoms with E-state index in [0.717, 1.165) is 20.0 Å². The first kappa shape index (κ1) is 11.9. The van der Waals surface area contributed by atoms with Crippen LogP contribution in [-0.4, -0.2) is 8.86 Å². The monoisotopic (exact) mass is 406 g/mol. The molecule has 0 unspecified atom stereocenters. The minimum absolute atomic E-state index is 0.863. The van der Waals surface area contributed by atoms with E-state index in [-0.39, 0.29) is 0 Å². The topological polar surface area (TPSA) is 0 Å². The maximum absolute atomic E-state index is 3.08. The molecule has 0 atom stereocenters. The zero-order valence-electron chi connectivity index (χ0n) is 7.48. The van der Waals surface area contributed by atoms with Gasteiger partial charge in [-0.2, -0.15) is 0 Å². The number of hydrogen-bond acceptors (Lipinski definition) is 0. The van der Waals surface area contributed by atoms with Gasteiger partial charge in [-0.25, -0.2) is 0 Å². The van der Waals surface area contributed by atoms with Crippen molar-refractivity contribution in [1.29, 1.82) is 0 Å². The average Bonchev–Trinajstić information content (AvgIpc) is 2.24. The molecule has 1 aromatic carbocycles. The van der Waals surface area contributed by atoms with Crippen molar-refractivity contribution < 1.29 is 0 Å². The Bertz CT molecular complexity index is 376. The van der Waals surface area contributed by atoms with Crippen LogP contribution in [0.1, 0.15) is 11.1 Å². The molecule has 0 aromatic heterocycles. The summed E-state index contributed by atoms with van der Waals surface area (Å²) in [6.45, 7) is 0. The Morgan fingerprint density at radius 1 is 0.929 bits per heavy atom. The molecule has 0 radical (unpaired) electrons. The van der Waals surface area contributed by atoms with Gasteiger partial charge in [0.2, 0.25) is 0 Å². The molecule has 0 aliphatic carbocycles. The molecule has 0 N–H and O–H groups in total. The fourth-order valence-electron chi connectivity index (χ4n) is 0.946. The summed E-state index contributed by atoms with van der Waals surface area (Å²) in [6.07, 6.45) is 0. The summed E-state index contributed by atoms with van der Waals surface area (Å²) in [5.41, 5.74) is 2.09. The van der Waals surface area contributed by atoms with Crippen molar-refractivity contribution in [3.8, 4) is 23.7 Å². The SMILES string of the molecule is ICC#Cc1cccc(C#CCI)c1. The predicted octanol–water partition coefficient (Wildman–Crippen LogP) is 3.26. The van der Waals surface area contributed by atoms with Crippen molar-refractivity contribution in [2.45, 2.75) is 0 Å². The highest BCUT2D eigenvalue weighted by Gasteiger charge is 1.88. The van der Waals surface area contributed by atoms with E-state index in [1.807, 2.05) is 24.3 Å². The number of benzene rings is 1. The maximum Gasteiger partial charge on any atom is 0.0613 e. The molecule has 0 amide bonds. The summed E-state index contributed by atoms with van der Waals surface area (Å²) < 4.78 is 1.73. The van der Waals surface area contributed by atoms with Crippen molar-refractivity contribution in [2.24, 2.45) is 0 Å². The minimum atomic E-state index is 0.863. The number of alkyl halides is 2. The highest BCUT2D eigenvalue weighted by atomic mass is 127. The second kappa shape index (κ2) is 7.14. The molecule has 0 fully saturated rings. The van der Waals surface area contributed by atoms with E-state index < -0.39 is 0 Å². The smallest absolute Gasteiger partial charge is 0.0613 e. The first-order valence-corrected chi connectivity index (χ1v) is 7.11. The van der Waals surface area contributed by atoms with Crippen LogP contribution >= 0.6 is 45.2 Å². The van der Waals surface area contributed by atoms with Gasteiger partial charge in [0.05, 0.1) is 8.86 Å². The van der Waals surface area contributed by atoms with Crippen LogP contribution in [0.5, 0.6) is 0 Å². The van der Waals surface area contributed by atoms with E-state index in [0.29, 0.717) is 0 Å². The van der Waals surface area contributed by atoms with Gasteiger partial charge in [-0.15, -0.1) is 0 Å². The molecule has 0 aliphatic heterocycles. The van der Waals surface area contributed by atoms with Crippen molar-refractivity contribution in [2.75, 3.05) is 8.86 Å². The molecule has 1 aromatic rings. The normalized spacial score (nSPS) is 8.14. The quantitative estimate of drug-likeness (QED) is 0.353. The summed E-state index contributed by atoms with van der Waals surface area (Å²) in [6, 6.07) is 8.04. The van der Waals surface area contributed by atoms with Gasteiger partial charge in [0.15, 0.2) is 0 Å². The Hall–Kier alpha value is -0.200. The van der Waals surface area contributed by atoms with Gasteiger partial charge in [-0.3, -0.25) is 0 Å². The third kappa shape index (κ3) is 4.34. The van der Waals surface area contributed by atoms with Crippen LogP contribution in [0.25, 0.3) is 0 Å². The molecule has 2 heteroatoms. The van der Waals surface area contributed by atoms with E-state index in [4.69, 9.17) is 0 Å². The molecule has 0 bridgehead atoms. The van der Waals surface area contributed by atoms with Gasteiger partial charge in [-0.05, 0) is 18.2 Å². The molecule has 0 nitrogen and oxygen atoms in total. The molecular weight excluding hydrogens is 398 g/mol. The minimum Gasteiger partial charge on any atom is -0.0872 e. The molecule has 14 heavy (non-hydrogen) atoms. The zero-order valence-corrected chi connectivity index (χ0v) is 11.8. The summed E-state index contributed by atoms with van der Waals surface area (Å²) in [4.78, 5) is 0. The van der Waals surface area contributed by atoms with Crippen LogP contribution in [0.2, 0.25) is 0 Å². The van der Waals surface area contributed by atoms with Crippen LogP contribution in [0, 0.1) is 23.7 Å². The largest absolute Gasteiger partial charge is 0.0872 e. The lowest BCUT2D eigenvalue weighted by Gasteiger charge is -1.91. The molecule has 0 saturated carbocycles. The maximum atomic E-state index is 3.08. The van der Waals surface area contributed by atoms with Crippen LogP contribution in [0.15, 0.2) is 24.3 Å². The molecule has 70 valence electrons. The molecule has 0 saturated heterocycles. The molecule has 0 spiro atoms. The Kier molecular flexibility index (Phi) is 6.05. The second-order valence-electron chi connectivity index (χ2n) is 2.45. The summed E-state index contributed by atoms with van der Waals surface area (Å²) in [7, 11) is 0. The Morgan fingerprint density at radius 2 is 1.43 bits per heavy atom. The van der Waals surface area contributed by atoms with Crippen molar-refractivity contribution >= 4 is 45.2 Å². The van der Waals surface area contributed by atoms with E-state index in [2.05, 4.69) is 68.9 Å². The Labute approximate surface area is 112 Å². The molecule has 0 heterocycles. The van der Waals surface area contributed by atoms with Crippen LogP contribution in [-0.2, 0) is 0 Å². The third-order valence-corrected chi connectivity index (χ3v) is 2.22. The standard InChI is InChI=1S/C12H8I2/c13-8-2-6-11-4-1-5-12(10-11)7-3-9-14/h1,4-5,10H,8-9H2. The molecule has 1 rings (SSSR count). The van der Waals surface area contributed by atoms with Crippen LogP contribution in [0.4, 0.5) is 0 Å². The fraction of sp³-hybridized carbons (Fsp3) is 0.167. The van der Waals surface area contributed by atoms with Gasteiger partial charge in [0.1, 0.15) is 0 Å². The van der Waals surface area contributed by atoms with E-state index in [1.165, 1.54) is 0 Å². The van der Waals surface area contributed by atoms with Crippen molar-refractivity contribution in [3.05, 3.63) is 35.4 Å². The number of hydrogen-bond donors (Lipinski definition) is 0. The van der Waals surface area contributed by atoms with Crippen LogP contribution < -0.4 is 0 Å². The predicted molar refractivity (Wildman–Crippen MR) is 78.0 cm³/mol. The number of halogens is 2. The fourth-order valence-corrected chi connectivity index (χ4v) is 1.33. The Balaban J connectivity index is 2.89. The third-order valence-electron chi connectivity index (χ3n) is 1.46. The first-order valence-electron chi connectivity index (χ1n) is 4.06. The Morgan fingerprint density at radius 3 is 1.86 bits per heavy atom. The second-order valence-corrected chi connectivity index (χ2v) is 3.98. The van der Waals surface area contributed by atoms with Gasteiger partial charge in [0.25, 0.3) is 0 Å². The molecular formula is C12H8I2. The summed E-state index contributed by atoms with van der Waals surface area (Å²) in [5, 5.41) is 0. The lowest BCUT2D eigenvalue weighted by atomic mass is 10.1. The van der Waals surface area contributed by atoms with E-state index >= 15 is 0 Å². The average molecular weight is 406 g/mol. The van der Waals surface area contributed by atoms with Gasteiger partial charge < -0.3 is 0 Å². The number of rotatable bonds is 0. The molecule has 0 aliphatic rings. The highest BCUT2D eigenvalue weighted by Crippen LogP contribution is 2.02. The zero-order chi connectivity index (χ0) is 10.2. The summed E-state index contributed by atoms with van der Waals surface area (Å²) in [5.74, 6) is 12.2. The van der Waals surface area contributed by atoms with Gasteiger partial charge >= 0.3 is 0 Å². The lowest BCUT2D eigenvalue weighted by Crippen LogP contribution is -1.78. The van der Waals surface area contributed by atoms with Gasteiger partial charge in [-0.1, -0.05) is 74.9 Å². The van der Waals surface area contributed by atoms with Crippen molar-refractivity contribution in [1.82, 2.24) is 0 Å². The van der Waals surface area contributed by atoms with E-state index in [9.17, 15) is 0 Å². The van der Waals surface area contributed by atoms with Gasteiger partial charge in [0, 0.05) is 11.1 Å².